The van der Waals surface area contributed by atoms with Gasteiger partial charge in [0.1, 0.15) is 17.6 Å². The molecule has 16 heavy (non-hydrogen) atoms. The molecule has 90 valence electrons. The maximum Gasteiger partial charge on any atom is 0.327 e. The lowest BCUT2D eigenvalue weighted by Gasteiger charge is -2.12. The number of carbonyl (C=O) groups is 1. The van der Waals surface area contributed by atoms with E-state index < -0.39 is 23.6 Å². The lowest BCUT2D eigenvalue weighted by molar-refractivity contribution is -0.142. The molecule has 1 rings (SSSR count). The Bertz CT molecular complexity index is 401. The van der Waals surface area contributed by atoms with Crippen LogP contribution in [0.15, 0.2) is 12.1 Å². The Morgan fingerprint density at radius 3 is 2.62 bits per heavy atom. The van der Waals surface area contributed by atoms with Gasteiger partial charge in [-0.25, -0.2) is 4.39 Å². The maximum atomic E-state index is 12.9. The van der Waals surface area contributed by atoms with Crippen LogP contribution in [0.2, 0.25) is 0 Å². The normalized spacial score (nSPS) is 11.4. The SMILES string of the molecule is COC(=O)[C@@H](N)c1cc(F)cc(N)c1O.Cl. The monoisotopic (exact) mass is 250 g/mol. The highest BCUT2D eigenvalue weighted by Gasteiger charge is 2.21. The van der Waals surface area contributed by atoms with Crippen molar-refractivity contribution in [2.75, 3.05) is 12.8 Å². The minimum absolute atomic E-state index is 0. The van der Waals surface area contributed by atoms with Gasteiger partial charge >= 0.3 is 5.97 Å². The van der Waals surface area contributed by atoms with Gasteiger partial charge in [0, 0.05) is 11.6 Å². The van der Waals surface area contributed by atoms with Gasteiger partial charge < -0.3 is 21.3 Å². The van der Waals surface area contributed by atoms with E-state index >= 15 is 0 Å². The molecule has 0 saturated heterocycles. The topological polar surface area (TPSA) is 98.6 Å². The van der Waals surface area contributed by atoms with Crippen LogP contribution >= 0.6 is 12.4 Å². The maximum absolute atomic E-state index is 12.9. The van der Waals surface area contributed by atoms with E-state index in [9.17, 15) is 14.3 Å². The van der Waals surface area contributed by atoms with Crippen molar-refractivity contribution in [2.45, 2.75) is 6.04 Å². The highest BCUT2D eigenvalue weighted by molar-refractivity contribution is 5.85. The van der Waals surface area contributed by atoms with Gasteiger partial charge in [0.2, 0.25) is 0 Å². The predicted octanol–water partition coefficient (Wildman–Crippen LogP) is 0.708. The average molecular weight is 251 g/mol. The molecule has 1 aromatic carbocycles. The molecule has 0 unspecified atom stereocenters. The first-order valence-electron chi connectivity index (χ1n) is 4.08. The van der Waals surface area contributed by atoms with Gasteiger partial charge in [0.25, 0.3) is 0 Å². The Balaban J connectivity index is 0.00000225. The summed E-state index contributed by atoms with van der Waals surface area (Å²) >= 11 is 0. The van der Waals surface area contributed by atoms with Crippen LogP contribution in [0.3, 0.4) is 0 Å². The molecule has 5 nitrogen and oxygen atoms in total. The number of methoxy groups -OCH3 is 1. The molecule has 7 heteroatoms. The number of phenolic OH excluding ortho intramolecular Hbond substituents is 1. The number of hydrogen-bond donors (Lipinski definition) is 3. The third-order valence-electron chi connectivity index (χ3n) is 1.92. The summed E-state index contributed by atoms with van der Waals surface area (Å²) in [6, 6.07) is 0.615. The largest absolute Gasteiger partial charge is 0.505 e. The average Bonchev–Trinajstić information content (AvgIpc) is 2.21. The molecule has 0 aliphatic rings. The minimum atomic E-state index is -1.26. The van der Waals surface area contributed by atoms with Crippen LogP contribution in [0.1, 0.15) is 11.6 Å². The van der Waals surface area contributed by atoms with Gasteiger partial charge in [-0.3, -0.25) is 4.79 Å². The van der Waals surface area contributed by atoms with Crippen molar-refractivity contribution in [3.05, 3.63) is 23.5 Å². The molecule has 0 aromatic heterocycles. The van der Waals surface area contributed by atoms with E-state index in [0.29, 0.717) is 0 Å². The minimum Gasteiger partial charge on any atom is -0.505 e. The fraction of sp³-hybridized carbons (Fsp3) is 0.222. The van der Waals surface area contributed by atoms with Gasteiger partial charge in [-0.05, 0) is 6.07 Å². The molecule has 1 atom stereocenters. The molecule has 0 saturated carbocycles. The van der Waals surface area contributed by atoms with E-state index in [1.165, 1.54) is 0 Å². The van der Waals surface area contributed by atoms with Crippen molar-refractivity contribution in [1.29, 1.82) is 0 Å². The highest BCUT2D eigenvalue weighted by Crippen LogP contribution is 2.30. The molecule has 0 radical (unpaired) electrons. The molecule has 0 aliphatic carbocycles. The summed E-state index contributed by atoms with van der Waals surface area (Å²) < 4.78 is 17.3. The summed E-state index contributed by atoms with van der Waals surface area (Å²) in [6.45, 7) is 0. The number of esters is 1. The number of phenols is 1. The summed E-state index contributed by atoms with van der Waals surface area (Å²) in [6.07, 6.45) is 0. The molecule has 0 aliphatic heterocycles. The number of nitrogens with two attached hydrogens (primary N) is 2. The quantitative estimate of drug-likeness (QED) is 0.408. The first kappa shape index (κ1) is 14.5. The smallest absolute Gasteiger partial charge is 0.327 e. The van der Waals surface area contributed by atoms with Crippen LogP contribution in [0, 0.1) is 5.82 Å². The van der Waals surface area contributed by atoms with Crippen LogP contribution in [-0.4, -0.2) is 18.2 Å². The predicted molar refractivity (Wildman–Crippen MR) is 58.7 cm³/mol. The first-order chi connectivity index (χ1) is 6.97. The molecule has 5 N–H and O–H groups in total. The van der Waals surface area contributed by atoms with Gasteiger partial charge in [0.05, 0.1) is 12.8 Å². The number of anilines is 1. The van der Waals surface area contributed by atoms with Gasteiger partial charge in [0.15, 0.2) is 0 Å². The number of carbonyl (C=O) groups excluding carboxylic acids is 1. The number of rotatable bonds is 2. The van der Waals surface area contributed by atoms with Gasteiger partial charge in [-0.2, -0.15) is 0 Å². The molecular formula is C9H12ClFN2O3. The molecule has 0 heterocycles. The van der Waals surface area contributed by atoms with E-state index in [4.69, 9.17) is 11.5 Å². The number of aromatic hydroxyl groups is 1. The van der Waals surface area contributed by atoms with Crippen molar-refractivity contribution >= 4 is 24.1 Å². The van der Waals surface area contributed by atoms with Crippen molar-refractivity contribution in [3.63, 3.8) is 0 Å². The number of hydrogen-bond acceptors (Lipinski definition) is 5. The lowest BCUT2D eigenvalue weighted by Crippen LogP contribution is -2.23. The van der Waals surface area contributed by atoms with Gasteiger partial charge in [-0.1, -0.05) is 0 Å². The molecular weight excluding hydrogens is 239 g/mol. The summed E-state index contributed by atoms with van der Waals surface area (Å²) in [7, 11) is 1.14. The van der Waals surface area contributed by atoms with Gasteiger partial charge in [-0.15, -0.1) is 12.4 Å². The molecule has 0 bridgehead atoms. The van der Waals surface area contributed by atoms with Crippen molar-refractivity contribution in [1.82, 2.24) is 0 Å². The third-order valence-corrected chi connectivity index (χ3v) is 1.92. The third kappa shape index (κ3) is 2.74. The fourth-order valence-electron chi connectivity index (χ4n) is 1.13. The number of ether oxygens (including phenoxy) is 1. The second-order valence-electron chi connectivity index (χ2n) is 2.93. The Morgan fingerprint density at radius 1 is 1.56 bits per heavy atom. The van der Waals surface area contributed by atoms with E-state index in [1.807, 2.05) is 0 Å². The number of nitrogen functional groups attached to an aromatic ring is 1. The summed E-state index contributed by atoms with van der Waals surface area (Å²) in [5.74, 6) is -1.87. The summed E-state index contributed by atoms with van der Waals surface area (Å²) in [4.78, 5) is 11.1. The van der Waals surface area contributed by atoms with Crippen LogP contribution in [-0.2, 0) is 9.53 Å². The zero-order valence-corrected chi connectivity index (χ0v) is 9.25. The van der Waals surface area contributed by atoms with Crippen molar-refractivity contribution in [2.24, 2.45) is 5.73 Å². The van der Waals surface area contributed by atoms with Crippen molar-refractivity contribution < 1.29 is 19.0 Å². The van der Waals surface area contributed by atoms with Crippen LogP contribution in [0.25, 0.3) is 0 Å². The highest BCUT2D eigenvalue weighted by atomic mass is 35.5. The Kier molecular flexibility index (Phi) is 5.00. The summed E-state index contributed by atoms with van der Waals surface area (Å²) in [5, 5.41) is 9.46. The van der Waals surface area contributed by atoms with Crippen LogP contribution in [0.4, 0.5) is 10.1 Å². The molecule has 1 aromatic rings. The van der Waals surface area contributed by atoms with E-state index in [-0.39, 0.29) is 23.7 Å². The summed E-state index contributed by atoms with van der Waals surface area (Å²) in [5.41, 5.74) is 10.5. The fourth-order valence-corrected chi connectivity index (χ4v) is 1.13. The zero-order chi connectivity index (χ0) is 11.6. The molecule has 0 amide bonds. The first-order valence-corrected chi connectivity index (χ1v) is 4.08. The Hall–Kier alpha value is -1.53. The van der Waals surface area contributed by atoms with Crippen LogP contribution < -0.4 is 11.5 Å². The lowest BCUT2D eigenvalue weighted by atomic mass is 10.1. The zero-order valence-electron chi connectivity index (χ0n) is 8.44. The van der Waals surface area contributed by atoms with E-state index in [2.05, 4.69) is 4.74 Å². The Morgan fingerprint density at radius 2 is 2.12 bits per heavy atom. The van der Waals surface area contributed by atoms with E-state index in [0.717, 1.165) is 19.2 Å². The molecule has 0 fully saturated rings. The number of benzene rings is 1. The number of halogens is 2. The van der Waals surface area contributed by atoms with Crippen molar-refractivity contribution in [3.8, 4) is 5.75 Å². The standard InChI is InChI=1S/C9H11FN2O3.ClH/c1-15-9(14)7(12)5-2-4(10)3-6(11)8(5)13;/h2-3,7,13H,11-12H2,1H3;1H/t7-;/m0./s1. The van der Waals surface area contributed by atoms with Crippen LogP contribution in [0.5, 0.6) is 5.75 Å². The second kappa shape index (κ2) is 5.53. The Labute approximate surface area is 97.6 Å². The second-order valence-corrected chi connectivity index (χ2v) is 2.93. The van der Waals surface area contributed by atoms with E-state index in [1.54, 1.807) is 0 Å². The molecule has 0 spiro atoms.